The van der Waals surface area contributed by atoms with Crippen LogP contribution < -0.4 is 9.74 Å². The third kappa shape index (κ3) is 3.11. The Bertz CT molecular complexity index is 1040. The van der Waals surface area contributed by atoms with Crippen molar-refractivity contribution in [1.82, 2.24) is 4.98 Å². The number of benzene rings is 2. The second-order valence-corrected chi connectivity index (χ2v) is 7.62. The molecule has 5 nitrogen and oxygen atoms in total. The van der Waals surface area contributed by atoms with Gasteiger partial charge in [0, 0.05) is 5.39 Å². The van der Waals surface area contributed by atoms with Gasteiger partial charge in [0.1, 0.15) is 8.47 Å². The molecule has 0 unspecified atom stereocenters. The summed E-state index contributed by atoms with van der Waals surface area (Å²) in [5, 5.41) is 0.534. The molecule has 0 saturated carbocycles. The standard InChI is InChI=1S/C16H12INO4S/c1-10-6-8-11(9-7-10)23(20,21)22-15-12-4-2-3-5-13(12)18-16(19)14(15)17/h2-9H,1H3,(H,18,19). The molecule has 0 aliphatic heterocycles. The fraction of sp³-hybridized carbons (Fsp3) is 0.0625. The van der Waals surface area contributed by atoms with E-state index in [1.807, 2.05) is 6.92 Å². The van der Waals surface area contributed by atoms with E-state index in [0.29, 0.717) is 10.9 Å². The third-order valence-electron chi connectivity index (χ3n) is 3.32. The van der Waals surface area contributed by atoms with Crippen molar-refractivity contribution >= 4 is 43.6 Å². The highest BCUT2D eigenvalue weighted by atomic mass is 127. The Morgan fingerprint density at radius 2 is 1.70 bits per heavy atom. The minimum Gasteiger partial charge on any atom is -0.377 e. The normalized spacial score (nSPS) is 11.6. The summed E-state index contributed by atoms with van der Waals surface area (Å²) in [6.45, 7) is 1.87. The van der Waals surface area contributed by atoms with E-state index in [1.165, 1.54) is 12.1 Å². The number of rotatable bonds is 3. The van der Waals surface area contributed by atoms with Crippen molar-refractivity contribution < 1.29 is 12.6 Å². The van der Waals surface area contributed by atoms with Gasteiger partial charge in [-0.3, -0.25) is 4.79 Å². The molecule has 0 spiro atoms. The zero-order valence-corrected chi connectivity index (χ0v) is 15.0. The highest BCUT2D eigenvalue weighted by Crippen LogP contribution is 2.30. The number of nitrogens with one attached hydrogen (secondary N) is 1. The van der Waals surface area contributed by atoms with Crippen molar-refractivity contribution in [2.45, 2.75) is 11.8 Å². The van der Waals surface area contributed by atoms with Crippen LogP contribution in [0.1, 0.15) is 5.56 Å². The van der Waals surface area contributed by atoms with Gasteiger partial charge in [-0.05, 0) is 53.8 Å². The summed E-state index contributed by atoms with van der Waals surface area (Å²) in [5.41, 5.74) is 1.07. The molecule has 0 aliphatic carbocycles. The van der Waals surface area contributed by atoms with Gasteiger partial charge in [-0.1, -0.05) is 29.8 Å². The van der Waals surface area contributed by atoms with Gasteiger partial charge in [-0.2, -0.15) is 8.42 Å². The first-order valence-electron chi connectivity index (χ1n) is 6.70. The van der Waals surface area contributed by atoms with Gasteiger partial charge in [0.25, 0.3) is 5.56 Å². The highest BCUT2D eigenvalue weighted by Gasteiger charge is 2.21. The largest absolute Gasteiger partial charge is 0.377 e. The van der Waals surface area contributed by atoms with Crippen molar-refractivity contribution in [3.8, 4) is 5.75 Å². The summed E-state index contributed by atoms with van der Waals surface area (Å²) in [6, 6.07) is 13.2. The molecule has 2 aromatic carbocycles. The van der Waals surface area contributed by atoms with Crippen molar-refractivity contribution in [2.75, 3.05) is 0 Å². The van der Waals surface area contributed by atoms with Crippen LogP contribution in [0.25, 0.3) is 10.9 Å². The summed E-state index contributed by atoms with van der Waals surface area (Å²) in [7, 11) is -4.02. The second-order valence-electron chi connectivity index (χ2n) is 4.99. The monoisotopic (exact) mass is 441 g/mol. The topological polar surface area (TPSA) is 76.2 Å². The van der Waals surface area contributed by atoms with Crippen molar-refractivity contribution in [2.24, 2.45) is 0 Å². The van der Waals surface area contributed by atoms with Crippen LogP contribution in [0.5, 0.6) is 5.75 Å². The van der Waals surface area contributed by atoms with Crippen LogP contribution in [0.4, 0.5) is 0 Å². The van der Waals surface area contributed by atoms with Gasteiger partial charge in [0.05, 0.1) is 5.52 Å². The van der Waals surface area contributed by atoms with Crippen molar-refractivity contribution in [3.63, 3.8) is 0 Å². The van der Waals surface area contributed by atoms with Gasteiger partial charge >= 0.3 is 10.1 Å². The smallest absolute Gasteiger partial charge is 0.339 e. The van der Waals surface area contributed by atoms with E-state index in [4.69, 9.17) is 4.18 Å². The molecule has 1 aromatic heterocycles. The number of hydrogen-bond acceptors (Lipinski definition) is 4. The number of para-hydroxylation sites is 1. The highest BCUT2D eigenvalue weighted by molar-refractivity contribution is 14.1. The maximum absolute atomic E-state index is 12.5. The van der Waals surface area contributed by atoms with Crippen molar-refractivity contribution in [3.05, 3.63) is 68.0 Å². The van der Waals surface area contributed by atoms with E-state index in [2.05, 4.69) is 4.98 Å². The summed E-state index contributed by atoms with van der Waals surface area (Å²) >= 11 is 1.78. The SMILES string of the molecule is Cc1ccc(S(=O)(=O)Oc2c(I)c(=O)[nH]c3ccccc23)cc1. The zero-order chi connectivity index (χ0) is 16.6. The lowest BCUT2D eigenvalue weighted by molar-refractivity contribution is 0.486. The third-order valence-corrected chi connectivity index (χ3v) is 5.54. The second kappa shape index (κ2) is 5.97. The Labute approximate surface area is 146 Å². The maximum atomic E-state index is 12.5. The van der Waals surface area contributed by atoms with E-state index < -0.39 is 15.7 Å². The number of aryl methyl sites for hydroxylation is 1. The quantitative estimate of drug-likeness (QED) is 0.501. The molecule has 0 saturated heterocycles. The number of hydrogen-bond donors (Lipinski definition) is 1. The number of H-pyrrole nitrogens is 1. The first-order chi connectivity index (χ1) is 10.9. The van der Waals surface area contributed by atoms with Crippen LogP contribution in [-0.2, 0) is 10.1 Å². The number of halogens is 1. The van der Waals surface area contributed by atoms with E-state index >= 15 is 0 Å². The molecule has 118 valence electrons. The average Bonchev–Trinajstić information content (AvgIpc) is 2.52. The lowest BCUT2D eigenvalue weighted by Gasteiger charge is -2.11. The Hall–Kier alpha value is -1.87. The maximum Gasteiger partial charge on any atom is 0.339 e. The molecule has 3 aromatic rings. The van der Waals surface area contributed by atoms with Gasteiger partial charge < -0.3 is 9.17 Å². The fourth-order valence-corrected chi connectivity index (χ4v) is 3.78. The van der Waals surface area contributed by atoms with Crippen LogP contribution in [-0.4, -0.2) is 13.4 Å². The predicted octanol–water partition coefficient (Wildman–Crippen LogP) is 3.21. The van der Waals surface area contributed by atoms with E-state index in [-0.39, 0.29) is 14.2 Å². The van der Waals surface area contributed by atoms with E-state index in [0.717, 1.165) is 5.56 Å². The Balaban J connectivity index is 2.16. The summed E-state index contributed by atoms with van der Waals surface area (Å²) < 4.78 is 30.5. The molecular weight excluding hydrogens is 429 g/mol. The van der Waals surface area contributed by atoms with Crippen molar-refractivity contribution in [1.29, 1.82) is 0 Å². The molecule has 0 aliphatic rings. The molecule has 0 fully saturated rings. The summed E-state index contributed by atoms with van der Waals surface area (Å²) in [6.07, 6.45) is 0. The molecule has 0 radical (unpaired) electrons. The van der Waals surface area contributed by atoms with E-state index in [1.54, 1.807) is 59.0 Å². The molecule has 0 bridgehead atoms. The number of aromatic nitrogens is 1. The Kier molecular flexibility index (Phi) is 4.15. The van der Waals surface area contributed by atoms with Gasteiger partial charge in [0.2, 0.25) is 0 Å². The number of fused-ring (bicyclic) bond motifs is 1. The number of pyridine rings is 1. The zero-order valence-electron chi connectivity index (χ0n) is 12.0. The molecular formula is C16H12INO4S. The predicted molar refractivity (Wildman–Crippen MR) is 96.3 cm³/mol. The molecule has 1 heterocycles. The van der Waals surface area contributed by atoms with Gasteiger partial charge in [0.15, 0.2) is 5.75 Å². The average molecular weight is 441 g/mol. The van der Waals surface area contributed by atoms with Gasteiger partial charge in [-0.25, -0.2) is 0 Å². The minimum absolute atomic E-state index is 0.0447. The molecule has 0 amide bonds. The molecule has 23 heavy (non-hydrogen) atoms. The first kappa shape index (κ1) is 16.0. The summed E-state index contributed by atoms with van der Waals surface area (Å²) in [4.78, 5) is 14.7. The Morgan fingerprint density at radius 3 is 2.39 bits per heavy atom. The van der Waals surface area contributed by atoms with Crippen LogP contribution in [0.2, 0.25) is 0 Å². The number of aromatic amines is 1. The van der Waals surface area contributed by atoms with Crippen LogP contribution in [0.15, 0.2) is 58.2 Å². The summed E-state index contributed by atoms with van der Waals surface area (Å²) in [5.74, 6) is 0.0468. The molecule has 7 heteroatoms. The molecule has 3 rings (SSSR count). The van der Waals surface area contributed by atoms with Crippen LogP contribution >= 0.6 is 22.6 Å². The molecule has 0 atom stereocenters. The lowest BCUT2D eigenvalue weighted by atomic mass is 10.2. The van der Waals surface area contributed by atoms with E-state index in [9.17, 15) is 13.2 Å². The first-order valence-corrected chi connectivity index (χ1v) is 9.19. The Morgan fingerprint density at radius 1 is 1.04 bits per heavy atom. The van der Waals surface area contributed by atoms with Crippen LogP contribution in [0, 0.1) is 10.5 Å². The lowest BCUT2D eigenvalue weighted by Crippen LogP contribution is -2.16. The van der Waals surface area contributed by atoms with Crippen LogP contribution in [0.3, 0.4) is 0 Å². The minimum atomic E-state index is -4.02. The van der Waals surface area contributed by atoms with Gasteiger partial charge in [-0.15, -0.1) is 0 Å². The fourth-order valence-electron chi connectivity index (χ4n) is 2.13. The molecule has 1 N–H and O–H groups in total.